The Hall–Kier alpha value is -2.32. The zero-order valence-electron chi connectivity index (χ0n) is 16.6. The molecule has 2 aromatic heterocycles. The lowest BCUT2D eigenvalue weighted by molar-refractivity contribution is 0.351. The van der Waals surface area contributed by atoms with Gasteiger partial charge in [0.2, 0.25) is 5.82 Å². The highest BCUT2D eigenvalue weighted by Gasteiger charge is 2.15. The lowest BCUT2D eigenvalue weighted by Gasteiger charge is -2.21. The van der Waals surface area contributed by atoms with E-state index in [9.17, 15) is 5.26 Å². The maximum atomic E-state index is 9.31. The van der Waals surface area contributed by atoms with Gasteiger partial charge in [0.15, 0.2) is 0 Å². The number of thioether (sulfide) groups is 1. The summed E-state index contributed by atoms with van der Waals surface area (Å²) in [4.78, 5) is 10.2. The van der Waals surface area contributed by atoms with Crippen LogP contribution in [0.3, 0.4) is 0 Å². The smallest absolute Gasteiger partial charge is 0.234 e. The van der Waals surface area contributed by atoms with Crippen LogP contribution in [0.15, 0.2) is 35.4 Å². The van der Waals surface area contributed by atoms with Crippen LogP contribution in [0.5, 0.6) is 0 Å². The van der Waals surface area contributed by atoms with Crippen LogP contribution in [0.25, 0.3) is 22.3 Å². The van der Waals surface area contributed by atoms with Crippen LogP contribution in [0.1, 0.15) is 49.9 Å². The van der Waals surface area contributed by atoms with Crippen LogP contribution in [-0.2, 0) is 7.05 Å². The molecular weight excluding hydrogens is 364 g/mol. The summed E-state index contributed by atoms with van der Waals surface area (Å²) in [6, 6.07) is 10.6. The van der Waals surface area contributed by atoms with Crippen LogP contribution in [0.2, 0.25) is 0 Å². The first kappa shape index (κ1) is 19.0. The molecule has 1 fully saturated rings. The quantitative estimate of drug-likeness (QED) is 0.511. The fourth-order valence-corrected chi connectivity index (χ4v) is 5.30. The second kappa shape index (κ2) is 8.36. The largest absolute Gasteiger partial charge is 0.335 e. The van der Waals surface area contributed by atoms with E-state index >= 15 is 0 Å². The maximum absolute atomic E-state index is 9.31. The van der Waals surface area contributed by atoms with Gasteiger partial charge < -0.3 is 4.57 Å². The molecule has 2 heterocycles. The number of rotatable bonds is 5. The predicted molar refractivity (Wildman–Crippen MR) is 115 cm³/mol. The Kier molecular flexibility index (Phi) is 5.68. The van der Waals surface area contributed by atoms with Crippen LogP contribution < -0.4 is 0 Å². The number of aromatic nitrogens is 3. The van der Waals surface area contributed by atoms with Crippen molar-refractivity contribution in [2.45, 2.75) is 50.3 Å². The molecule has 0 radical (unpaired) electrons. The Morgan fingerprint density at radius 2 is 2.00 bits per heavy atom. The molecule has 28 heavy (non-hydrogen) atoms. The Morgan fingerprint density at radius 3 is 2.75 bits per heavy atom. The molecule has 3 aromatic rings. The molecule has 0 atom stereocenters. The first-order chi connectivity index (χ1) is 13.7. The van der Waals surface area contributed by atoms with Crippen molar-refractivity contribution in [2.75, 3.05) is 5.75 Å². The highest BCUT2D eigenvalue weighted by molar-refractivity contribution is 7.99. The Morgan fingerprint density at radius 1 is 1.18 bits per heavy atom. The van der Waals surface area contributed by atoms with Gasteiger partial charge in [-0.1, -0.05) is 38.2 Å². The zero-order chi connectivity index (χ0) is 19.5. The van der Waals surface area contributed by atoms with E-state index in [4.69, 9.17) is 0 Å². The van der Waals surface area contributed by atoms with Crippen LogP contribution in [-0.4, -0.2) is 20.3 Å². The van der Waals surface area contributed by atoms with Gasteiger partial charge in [-0.3, -0.25) is 0 Å². The fourth-order valence-electron chi connectivity index (χ4n) is 4.18. The Balaban J connectivity index is 1.55. The van der Waals surface area contributed by atoms with E-state index in [0.29, 0.717) is 0 Å². The predicted octanol–water partition coefficient (Wildman–Crippen LogP) is 5.88. The molecule has 0 amide bonds. The van der Waals surface area contributed by atoms with Gasteiger partial charge in [0, 0.05) is 29.1 Å². The summed E-state index contributed by atoms with van der Waals surface area (Å²) >= 11 is 1.97. The minimum absolute atomic E-state index is 0.216. The molecule has 0 N–H and O–H groups in total. The van der Waals surface area contributed by atoms with Gasteiger partial charge in [-0.25, -0.2) is 9.97 Å². The third-order valence-corrected chi connectivity index (χ3v) is 6.99. The Bertz CT molecular complexity index is 1020. The third-order valence-electron chi connectivity index (χ3n) is 5.78. The van der Waals surface area contributed by atoms with E-state index < -0.39 is 0 Å². The normalized spacial score (nSPS) is 15.0. The summed E-state index contributed by atoms with van der Waals surface area (Å²) in [5.41, 5.74) is 3.95. The standard InChI is InChI=1S/C23H26N4S/c1-16-14-18(8-9-20(16)28-13-11-17-6-4-3-5-7-17)22-19-10-12-27(2)23(19)26-21(15-24)25-22/h8-10,12,14,17H,3-7,11,13H2,1-2H3. The van der Waals surface area contributed by atoms with Crippen molar-refractivity contribution in [3.05, 3.63) is 41.9 Å². The van der Waals surface area contributed by atoms with E-state index in [1.807, 2.05) is 35.6 Å². The number of benzene rings is 1. The van der Waals surface area contributed by atoms with Gasteiger partial charge in [0.05, 0.1) is 5.69 Å². The number of aryl methyl sites for hydroxylation is 2. The lowest BCUT2D eigenvalue weighted by Crippen LogP contribution is -2.06. The van der Waals surface area contributed by atoms with Crippen molar-refractivity contribution in [3.8, 4) is 17.3 Å². The maximum Gasteiger partial charge on any atom is 0.234 e. The molecular formula is C23H26N4S. The van der Waals surface area contributed by atoms with Crippen molar-refractivity contribution in [3.63, 3.8) is 0 Å². The summed E-state index contributed by atoms with van der Waals surface area (Å²) in [5, 5.41) is 10.3. The van der Waals surface area contributed by atoms with Gasteiger partial charge in [0.25, 0.3) is 0 Å². The number of fused-ring (bicyclic) bond motifs is 1. The Labute approximate surface area is 171 Å². The first-order valence-corrected chi connectivity index (χ1v) is 11.1. The average molecular weight is 391 g/mol. The molecule has 1 aliphatic carbocycles. The highest BCUT2D eigenvalue weighted by atomic mass is 32.2. The fraction of sp³-hybridized carbons (Fsp3) is 0.435. The van der Waals surface area contributed by atoms with Crippen LogP contribution in [0.4, 0.5) is 0 Å². The number of hydrogen-bond donors (Lipinski definition) is 0. The van der Waals surface area contributed by atoms with Gasteiger partial charge >= 0.3 is 0 Å². The second-order valence-electron chi connectivity index (χ2n) is 7.79. The van der Waals surface area contributed by atoms with E-state index in [-0.39, 0.29) is 5.82 Å². The zero-order valence-corrected chi connectivity index (χ0v) is 17.4. The van der Waals surface area contributed by atoms with Crippen molar-refractivity contribution in [2.24, 2.45) is 13.0 Å². The average Bonchev–Trinajstić information content (AvgIpc) is 3.10. The minimum atomic E-state index is 0.216. The molecule has 0 bridgehead atoms. The van der Waals surface area contributed by atoms with Gasteiger partial charge in [0.1, 0.15) is 11.7 Å². The minimum Gasteiger partial charge on any atom is -0.335 e. The van der Waals surface area contributed by atoms with Crippen molar-refractivity contribution in [1.82, 2.24) is 14.5 Å². The number of hydrogen-bond acceptors (Lipinski definition) is 4. The van der Waals surface area contributed by atoms with Gasteiger partial charge in [-0.05, 0) is 48.8 Å². The lowest BCUT2D eigenvalue weighted by atomic mass is 9.88. The van der Waals surface area contributed by atoms with E-state index in [2.05, 4.69) is 41.2 Å². The van der Waals surface area contributed by atoms with Crippen LogP contribution in [0, 0.1) is 24.2 Å². The second-order valence-corrected chi connectivity index (χ2v) is 8.93. The van der Waals surface area contributed by atoms with Crippen molar-refractivity contribution >= 4 is 22.8 Å². The van der Waals surface area contributed by atoms with E-state index in [0.717, 1.165) is 28.2 Å². The molecule has 1 saturated carbocycles. The molecule has 4 nitrogen and oxygen atoms in total. The molecule has 144 valence electrons. The van der Waals surface area contributed by atoms with Crippen molar-refractivity contribution in [1.29, 1.82) is 5.26 Å². The summed E-state index contributed by atoms with van der Waals surface area (Å²) in [6.07, 6.45) is 10.4. The summed E-state index contributed by atoms with van der Waals surface area (Å²) in [6.45, 7) is 2.17. The molecule has 0 spiro atoms. The topological polar surface area (TPSA) is 54.5 Å². The molecule has 0 saturated heterocycles. The van der Waals surface area contributed by atoms with Crippen molar-refractivity contribution < 1.29 is 0 Å². The summed E-state index contributed by atoms with van der Waals surface area (Å²) in [7, 11) is 1.94. The molecule has 5 heteroatoms. The number of nitrogens with zero attached hydrogens (tertiary/aromatic N) is 4. The number of nitriles is 1. The van der Waals surface area contributed by atoms with E-state index in [1.54, 1.807) is 0 Å². The molecule has 0 unspecified atom stereocenters. The first-order valence-electron chi connectivity index (χ1n) is 10.1. The monoisotopic (exact) mass is 390 g/mol. The molecule has 0 aliphatic heterocycles. The van der Waals surface area contributed by atoms with E-state index in [1.165, 1.54) is 54.7 Å². The third kappa shape index (κ3) is 3.93. The molecule has 1 aromatic carbocycles. The molecule has 1 aliphatic rings. The SMILES string of the molecule is Cc1cc(-c2nc(C#N)nc3c2ccn3C)ccc1SCCC1CCCCC1. The highest BCUT2D eigenvalue weighted by Crippen LogP contribution is 2.33. The van der Waals surface area contributed by atoms with Crippen LogP contribution >= 0.6 is 11.8 Å². The summed E-state index contributed by atoms with van der Waals surface area (Å²) in [5.74, 6) is 2.34. The van der Waals surface area contributed by atoms with Gasteiger partial charge in [-0.2, -0.15) is 5.26 Å². The molecule has 4 rings (SSSR count). The summed E-state index contributed by atoms with van der Waals surface area (Å²) < 4.78 is 1.93. The van der Waals surface area contributed by atoms with Gasteiger partial charge in [-0.15, -0.1) is 11.8 Å².